The average molecular weight is 337 g/mol. The van der Waals surface area contributed by atoms with Crippen LogP contribution in [0.15, 0.2) is 78.9 Å². The van der Waals surface area contributed by atoms with Crippen molar-refractivity contribution in [2.45, 2.75) is 12.0 Å². The number of nitrogens with two attached hydrogens (primary N) is 1. The van der Waals surface area contributed by atoms with E-state index in [0.717, 1.165) is 27.8 Å². The lowest BCUT2D eigenvalue weighted by atomic mass is 9.81. The third kappa shape index (κ3) is 3.01. The van der Waals surface area contributed by atoms with Gasteiger partial charge in [-0.2, -0.15) is 0 Å². The van der Waals surface area contributed by atoms with Crippen molar-refractivity contribution in [3.05, 3.63) is 107 Å². The molecular weight excluding hydrogens is 318 g/mol. The molecule has 2 atom stereocenters. The largest absolute Gasteiger partial charge is 0.398 e. The highest BCUT2D eigenvalue weighted by atomic mass is 16.3. The number of benzene rings is 3. The summed E-state index contributed by atoms with van der Waals surface area (Å²) in [5, 5.41) is 10.9. The Labute approximate surface area is 153 Å². The maximum Gasteiger partial charge on any atom is 0.0899 e. The number of anilines is 1. The van der Waals surface area contributed by atoms with Gasteiger partial charge in [-0.1, -0.05) is 78.6 Å². The molecule has 0 heterocycles. The predicted molar refractivity (Wildman–Crippen MR) is 106 cm³/mol. The van der Waals surface area contributed by atoms with Crippen molar-refractivity contribution in [1.29, 1.82) is 0 Å². The monoisotopic (exact) mass is 337 g/mol. The van der Waals surface area contributed by atoms with Crippen LogP contribution in [-0.2, 0) is 0 Å². The lowest BCUT2D eigenvalue weighted by Gasteiger charge is -2.27. The SMILES string of the molecule is Nc1cccc([C@H]2C=Cc3ccccc3[C@@H]2O)c1C#Cc1ccccc1. The number of aliphatic hydroxyl groups is 1. The lowest BCUT2D eigenvalue weighted by Crippen LogP contribution is -2.15. The van der Waals surface area contributed by atoms with E-state index in [4.69, 9.17) is 5.73 Å². The van der Waals surface area contributed by atoms with Crippen LogP contribution in [0.5, 0.6) is 0 Å². The quantitative estimate of drug-likeness (QED) is 0.507. The first-order valence-electron chi connectivity index (χ1n) is 8.64. The summed E-state index contributed by atoms with van der Waals surface area (Å²) < 4.78 is 0. The summed E-state index contributed by atoms with van der Waals surface area (Å²) >= 11 is 0. The van der Waals surface area contributed by atoms with Crippen molar-refractivity contribution in [2.75, 3.05) is 5.73 Å². The van der Waals surface area contributed by atoms with E-state index in [-0.39, 0.29) is 5.92 Å². The Hall–Kier alpha value is -3.28. The van der Waals surface area contributed by atoms with Crippen molar-refractivity contribution >= 4 is 11.8 Å². The summed E-state index contributed by atoms with van der Waals surface area (Å²) in [5.41, 5.74) is 11.5. The highest BCUT2D eigenvalue weighted by Crippen LogP contribution is 2.40. The normalized spacial score (nSPS) is 17.9. The first-order valence-corrected chi connectivity index (χ1v) is 8.64. The molecule has 0 bridgehead atoms. The molecule has 1 aliphatic carbocycles. The second-order valence-corrected chi connectivity index (χ2v) is 6.39. The topological polar surface area (TPSA) is 46.2 Å². The maximum atomic E-state index is 10.9. The van der Waals surface area contributed by atoms with Crippen LogP contribution >= 0.6 is 0 Å². The first kappa shape index (κ1) is 16.2. The molecule has 0 spiro atoms. The van der Waals surface area contributed by atoms with E-state index in [9.17, 15) is 5.11 Å². The van der Waals surface area contributed by atoms with Gasteiger partial charge in [0.2, 0.25) is 0 Å². The molecule has 0 unspecified atom stereocenters. The van der Waals surface area contributed by atoms with E-state index < -0.39 is 6.10 Å². The van der Waals surface area contributed by atoms with Crippen molar-refractivity contribution in [1.82, 2.24) is 0 Å². The van der Waals surface area contributed by atoms with Gasteiger partial charge in [-0.3, -0.25) is 0 Å². The third-order valence-corrected chi connectivity index (χ3v) is 4.73. The molecule has 0 amide bonds. The fourth-order valence-corrected chi connectivity index (χ4v) is 3.38. The molecule has 0 aromatic heterocycles. The zero-order valence-corrected chi connectivity index (χ0v) is 14.3. The van der Waals surface area contributed by atoms with Gasteiger partial charge in [0.05, 0.1) is 11.7 Å². The molecule has 3 aromatic carbocycles. The van der Waals surface area contributed by atoms with Gasteiger partial charge in [-0.25, -0.2) is 0 Å². The van der Waals surface area contributed by atoms with Gasteiger partial charge < -0.3 is 10.8 Å². The molecule has 2 heteroatoms. The Morgan fingerprint density at radius 2 is 1.50 bits per heavy atom. The summed E-state index contributed by atoms with van der Waals surface area (Å²) in [7, 11) is 0. The zero-order valence-electron chi connectivity index (χ0n) is 14.3. The van der Waals surface area contributed by atoms with E-state index in [0.29, 0.717) is 5.69 Å². The Morgan fingerprint density at radius 1 is 0.769 bits per heavy atom. The van der Waals surface area contributed by atoms with Crippen LogP contribution in [0.3, 0.4) is 0 Å². The third-order valence-electron chi connectivity index (χ3n) is 4.73. The van der Waals surface area contributed by atoms with E-state index in [1.807, 2.05) is 78.9 Å². The Balaban J connectivity index is 1.77. The second kappa shape index (κ2) is 6.92. The van der Waals surface area contributed by atoms with Gasteiger partial charge in [0, 0.05) is 17.2 Å². The minimum atomic E-state index is -0.615. The van der Waals surface area contributed by atoms with Crippen LogP contribution in [-0.4, -0.2) is 5.11 Å². The average Bonchev–Trinajstić information content (AvgIpc) is 2.68. The number of nitrogen functional groups attached to an aromatic ring is 1. The highest BCUT2D eigenvalue weighted by Gasteiger charge is 2.27. The number of fused-ring (bicyclic) bond motifs is 1. The second-order valence-electron chi connectivity index (χ2n) is 6.39. The Morgan fingerprint density at radius 3 is 2.35 bits per heavy atom. The Bertz CT molecular complexity index is 1020. The molecule has 126 valence electrons. The molecule has 2 nitrogen and oxygen atoms in total. The standard InChI is InChI=1S/C24H19NO/c25-23-12-6-11-20(21(23)15-13-17-7-2-1-3-8-17)22-16-14-18-9-4-5-10-19(18)24(22)26/h1-12,14,16,22,24,26H,25H2/t22-,24+/m1/s1. The summed E-state index contributed by atoms with van der Waals surface area (Å²) in [6, 6.07) is 23.5. The van der Waals surface area contributed by atoms with Crippen LogP contribution in [0.25, 0.3) is 6.08 Å². The van der Waals surface area contributed by atoms with E-state index in [2.05, 4.69) is 17.9 Å². The summed E-state index contributed by atoms with van der Waals surface area (Å²) in [6.07, 6.45) is 3.48. The summed E-state index contributed by atoms with van der Waals surface area (Å²) in [5.74, 6) is 6.23. The van der Waals surface area contributed by atoms with Crippen molar-refractivity contribution in [2.24, 2.45) is 0 Å². The Kier molecular flexibility index (Phi) is 4.31. The molecule has 3 aromatic rings. The molecular formula is C24H19NO. The maximum absolute atomic E-state index is 10.9. The smallest absolute Gasteiger partial charge is 0.0899 e. The van der Waals surface area contributed by atoms with Crippen LogP contribution in [0.2, 0.25) is 0 Å². The first-order chi connectivity index (χ1) is 12.7. The van der Waals surface area contributed by atoms with Gasteiger partial charge in [0.1, 0.15) is 0 Å². The van der Waals surface area contributed by atoms with Crippen molar-refractivity contribution < 1.29 is 5.11 Å². The minimum absolute atomic E-state index is 0.173. The fraction of sp³-hybridized carbons (Fsp3) is 0.0833. The van der Waals surface area contributed by atoms with E-state index >= 15 is 0 Å². The van der Waals surface area contributed by atoms with Gasteiger partial charge in [-0.05, 0) is 34.9 Å². The predicted octanol–water partition coefficient (Wildman–Crippen LogP) is 4.51. The number of rotatable bonds is 1. The molecule has 4 rings (SSSR count). The lowest BCUT2D eigenvalue weighted by molar-refractivity contribution is 0.160. The summed E-state index contributed by atoms with van der Waals surface area (Å²) in [6.45, 7) is 0. The molecule has 0 saturated heterocycles. The van der Waals surface area contributed by atoms with Gasteiger partial charge >= 0.3 is 0 Å². The van der Waals surface area contributed by atoms with Crippen LogP contribution in [0.1, 0.15) is 39.8 Å². The molecule has 0 aliphatic heterocycles. The molecule has 0 radical (unpaired) electrons. The minimum Gasteiger partial charge on any atom is -0.398 e. The molecule has 0 fully saturated rings. The van der Waals surface area contributed by atoms with Gasteiger partial charge in [0.15, 0.2) is 0 Å². The highest BCUT2D eigenvalue weighted by molar-refractivity contribution is 5.66. The molecule has 0 saturated carbocycles. The van der Waals surface area contributed by atoms with E-state index in [1.54, 1.807) is 0 Å². The molecule has 1 aliphatic rings. The fourth-order valence-electron chi connectivity index (χ4n) is 3.38. The zero-order chi connectivity index (χ0) is 17.9. The van der Waals surface area contributed by atoms with Crippen molar-refractivity contribution in [3.63, 3.8) is 0 Å². The molecule has 26 heavy (non-hydrogen) atoms. The van der Waals surface area contributed by atoms with E-state index in [1.165, 1.54) is 0 Å². The van der Waals surface area contributed by atoms with Crippen LogP contribution in [0.4, 0.5) is 5.69 Å². The number of hydrogen-bond acceptors (Lipinski definition) is 2. The van der Waals surface area contributed by atoms with Gasteiger partial charge in [0.25, 0.3) is 0 Å². The molecule has 3 N–H and O–H groups in total. The van der Waals surface area contributed by atoms with Gasteiger partial charge in [-0.15, -0.1) is 0 Å². The number of aliphatic hydroxyl groups excluding tert-OH is 1. The number of hydrogen-bond donors (Lipinski definition) is 2. The van der Waals surface area contributed by atoms with Crippen LogP contribution < -0.4 is 5.73 Å². The van der Waals surface area contributed by atoms with Crippen LogP contribution in [0, 0.1) is 11.8 Å². The summed E-state index contributed by atoms with van der Waals surface area (Å²) in [4.78, 5) is 0. The van der Waals surface area contributed by atoms with Crippen molar-refractivity contribution in [3.8, 4) is 11.8 Å².